The van der Waals surface area contributed by atoms with Crippen molar-refractivity contribution in [2.75, 3.05) is 9.80 Å². The number of para-hydroxylation sites is 3. The minimum absolute atomic E-state index is 1.10. The molecule has 0 aromatic heterocycles. The van der Waals surface area contributed by atoms with Gasteiger partial charge in [0.1, 0.15) is 0 Å². The Balaban J connectivity index is 0.948. The van der Waals surface area contributed by atoms with Crippen molar-refractivity contribution in [1.29, 1.82) is 0 Å². The van der Waals surface area contributed by atoms with Gasteiger partial charge in [0.05, 0.1) is 5.69 Å². The fraction of sp³-hybridized carbons (Fsp3) is 0. The Morgan fingerprint density at radius 3 is 1.15 bits per heavy atom. The zero-order valence-corrected chi connectivity index (χ0v) is 33.1. The number of hydrogen-bond acceptors (Lipinski definition) is 2. The van der Waals surface area contributed by atoms with Gasteiger partial charge in [0, 0.05) is 34.0 Å². The molecule has 0 saturated heterocycles. The lowest BCUT2D eigenvalue weighted by Crippen LogP contribution is -2.11. The van der Waals surface area contributed by atoms with Gasteiger partial charge in [-0.2, -0.15) is 0 Å². The molecule has 0 aliphatic heterocycles. The van der Waals surface area contributed by atoms with E-state index >= 15 is 0 Å². The molecular formula is C58H42N2. The highest BCUT2D eigenvalue weighted by atomic mass is 15.1. The van der Waals surface area contributed by atoms with Crippen molar-refractivity contribution in [2.45, 2.75) is 0 Å². The molecule has 0 saturated carbocycles. The molecule has 10 rings (SSSR count). The molecule has 2 nitrogen and oxygen atoms in total. The summed E-state index contributed by atoms with van der Waals surface area (Å²) >= 11 is 0. The van der Waals surface area contributed by atoms with Crippen molar-refractivity contribution in [2.24, 2.45) is 0 Å². The first kappa shape index (κ1) is 36.4. The number of rotatable bonds is 10. The topological polar surface area (TPSA) is 6.48 Å². The monoisotopic (exact) mass is 766 g/mol. The molecule has 0 unspecified atom stereocenters. The second-order valence-corrected chi connectivity index (χ2v) is 15.0. The molecule has 60 heavy (non-hydrogen) atoms. The second kappa shape index (κ2) is 16.5. The van der Waals surface area contributed by atoms with Gasteiger partial charge < -0.3 is 9.80 Å². The summed E-state index contributed by atoms with van der Waals surface area (Å²) in [5.74, 6) is 0. The second-order valence-electron chi connectivity index (χ2n) is 15.0. The first-order valence-corrected chi connectivity index (χ1v) is 20.5. The van der Waals surface area contributed by atoms with Gasteiger partial charge in [0.25, 0.3) is 0 Å². The third kappa shape index (κ3) is 7.35. The van der Waals surface area contributed by atoms with E-state index in [1.165, 1.54) is 44.2 Å². The van der Waals surface area contributed by atoms with Crippen LogP contribution in [0.3, 0.4) is 0 Å². The van der Waals surface area contributed by atoms with Gasteiger partial charge in [-0.15, -0.1) is 0 Å². The van der Waals surface area contributed by atoms with Gasteiger partial charge in [0.15, 0.2) is 0 Å². The maximum atomic E-state index is 2.36. The molecule has 0 atom stereocenters. The molecule has 0 amide bonds. The van der Waals surface area contributed by atoms with Crippen molar-refractivity contribution in [3.05, 3.63) is 255 Å². The highest BCUT2D eigenvalue weighted by molar-refractivity contribution is 5.97. The van der Waals surface area contributed by atoms with Gasteiger partial charge in [-0.25, -0.2) is 0 Å². The molecular weight excluding hydrogens is 725 g/mol. The average molecular weight is 767 g/mol. The smallest absolute Gasteiger partial charge is 0.0540 e. The number of benzene rings is 10. The molecule has 2 heteroatoms. The Hall–Kier alpha value is -7.94. The van der Waals surface area contributed by atoms with E-state index < -0.39 is 0 Å². The summed E-state index contributed by atoms with van der Waals surface area (Å²) in [6.07, 6.45) is 0. The first-order valence-electron chi connectivity index (χ1n) is 20.5. The Labute approximate surface area is 352 Å². The van der Waals surface area contributed by atoms with Gasteiger partial charge in [-0.05, 0) is 116 Å². The Bertz CT molecular complexity index is 2970. The maximum absolute atomic E-state index is 2.36. The SMILES string of the molecule is c1ccc(-c2ccc(N(c3ccccc3)c3ccc(-c4ccc(-c5ccccc5N(c5ccccc5)c5ccc(-c6cccc7ccccc67)cc5)cc4)cc3)cc2)cc1. The van der Waals surface area contributed by atoms with E-state index in [2.05, 4.69) is 265 Å². The Morgan fingerprint density at radius 1 is 0.200 bits per heavy atom. The molecule has 0 heterocycles. The largest absolute Gasteiger partial charge is 0.311 e. The molecule has 284 valence electrons. The lowest BCUT2D eigenvalue weighted by Gasteiger charge is -2.28. The van der Waals surface area contributed by atoms with Crippen molar-refractivity contribution in [3.63, 3.8) is 0 Å². The summed E-state index contributed by atoms with van der Waals surface area (Å²) in [5, 5.41) is 2.51. The molecule has 0 fully saturated rings. The van der Waals surface area contributed by atoms with E-state index in [0.717, 1.165) is 45.3 Å². The summed E-state index contributed by atoms with van der Waals surface area (Å²) in [7, 11) is 0. The van der Waals surface area contributed by atoms with Crippen LogP contribution < -0.4 is 9.80 Å². The first-order chi connectivity index (χ1) is 29.8. The summed E-state index contributed by atoms with van der Waals surface area (Å²) in [6.45, 7) is 0. The van der Waals surface area contributed by atoms with Gasteiger partial charge in [0.2, 0.25) is 0 Å². The van der Waals surface area contributed by atoms with E-state index in [9.17, 15) is 0 Å². The van der Waals surface area contributed by atoms with E-state index in [-0.39, 0.29) is 0 Å². The van der Waals surface area contributed by atoms with Crippen LogP contribution in [0.2, 0.25) is 0 Å². The fourth-order valence-corrected chi connectivity index (χ4v) is 8.29. The van der Waals surface area contributed by atoms with Crippen LogP contribution >= 0.6 is 0 Å². The van der Waals surface area contributed by atoms with E-state index in [1.54, 1.807) is 0 Å². The standard InChI is InChI=1S/C58H42N2/c1-4-15-43(16-5-1)45-31-37-52(38-32-45)59(50-19-6-2-7-20-50)53-39-33-46(34-40-53)44-27-29-49(30-28-44)57-24-12-13-26-58(57)60(51-21-8-3-9-22-51)54-41-35-48(36-42-54)56-25-14-18-47-17-10-11-23-55(47)56/h1-42H. The van der Waals surface area contributed by atoms with Crippen LogP contribution in [-0.4, -0.2) is 0 Å². The molecule has 0 aliphatic carbocycles. The highest BCUT2D eigenvalue weighted by Crippen LogP contribution is 2.42. The van der Waals surface area contributed by atoms with Crippen LogP contribution in [0.4, 0.5) is 34.1 Å². The number of nitrogens with zero attached hydrogens (tertiary/aromatic N) is 2. The summed E-state index contributed by atoms with van der Waals surface area (Å²) in [5.41, 5.74) is 16.2. The molecule has 0 N–H and O–H groups in total. The van der Waals surface area contributed by atoms with E-state index in [4.69, 9.17) is 0 Å². The van der Waals surface area contributed by atoms with Crippen LogP contribution in [0.1, 0.15) is 0 Å². The zero-order valence-electron chi connectivity index (χ0n) is 33.1. The normalized spacial score (nSPS) is 11.0. The highest BCUT2D eigenvalue weighted by Gasteiger charge is 2.18. The summed E-state index contributed by atoms with van der Waals surface area (Å²) < 4.78 is 0. The molecule has 10 aromatic rings. The van der Waals surface area contributed by atoms with Gasteiger partial charge >= 0.3 is 0 Å². The number of anilines is 6. The predicted octanol–water partition coefficient (Wildman–Crippen LogP) is 16.4. The van der Waals surface area contributed by atoms with Crippen LogP contribution in [0.5, 0.6) is 0 Å². The number of fused-ring (bicyclic) bond motifs is 1. The molecule has 0 bridgehead atoms. The summed E-state index contributed by atoms with van der Waals surface area (Å²) in [6, 6.07) is 91.3. The average Bonchev–Trinajstić information content (AvgIpc) is 3.33. The maximum Gasteiger partial charge on any atom is 0.0540 e. The van der Waals surface area contributed by atoms with Crippen molar-refractivity contribution in [3.8, 4) is 44.5 Å². The fourth-order valence-electron chi connectivity index (χ4n) is 8.29. The van der Waals surface area contributed by atoms with Crippen molar-refractivity contribution >= 4 is 44.9 Å². The minimum Gasteiger partial charge on any atom is -0.311 e. The molecule has 0 radical (unpaired) electrons. The molecule has 0 spiro atoms. The lowest BCUT2D eigenvalue weighted by atomic mass is 9.97. The Morgan fingerprint density at radius 2 is 0.550 bits per heavy atom. The molecule has 0 aliphatic rings. The lowest BCUT2D eigenvalue weighted by molar-refractivity contribution is 1.28. The van der Waals surface area contributed by atoms with E-state index in [0.29, 0.717) is 0 Å². The zero-order chi connectivity index (χ0) is 40.1. The predicted molar refractivity (Wildman–Crippen MR) is 255 cm³/mol. The third-order valence-electron chi connectivity index (χ3n) is 11.3. The summed E-state index contributed by atoms with van der Waals surface area (Å²) in [4.78, 5) is 4.68. The van der Waals surface area contributed by atoms with Crippen LogP contribution in [-0.2, 0) is 0 Å². The number of hydrogen-bond donors (Lipinski definition) is 0. The van der Waals surface area contributed by atoms with Crippen molar-refractivity contribution < 1.29 is 0 Å². The van der Waals surface area contributed by atoms with Crippen molar-refractivity contribution in [1.82, 2.24) is 0 Å². The van der Waals surface area contributed by atoms with Gasteiger partial charge in [-0.1, -0.05) is 188 Å². The van der Waals surface area contributed by atoms with E-state index in [1.807, 2.05) is 0 Å². The van der Waals surface area contributed by atoms with Crippen LogP contribution in [0, 0.1) is 0 Å². The Kier molecular flexibility index (Phi) is 10.0. The van der Waals surface area contributed by atoms with Crippen LogP contribution in [0.15, 0.2) is 255 Å². The third-order valence-corrected chi connectivity index (χ3v) is 11.3. The minimum atomic E-state index is 1.10. The van der Waals surface area contributed by atoms with Crippen LogP contribution in [0.25, 0.3) is 55.3 Å². The molecule has 10 aromatic carbocycles. The van der Waals surface area contributed by atoms with Gasteiger partial charge in [-0.3, -0.25) is 0 Å². The quantitative estimate of drug-likeness (QED) is 0.137.